The van der Waals surface area contributed by atoms with Crippen molar-refractivity contribution in [3.63, 3.8) is 0 Å². The van der Waals surface area contributed by atoms with Crippen LogP contribution in [0.2, 0.25) is 0 Å². The molecule has 0 atom stereocenters. The number of hydrogen-bond acceptors (Lipinski definition) is 3. The summed E-state index contributed by atoms with van der Waals surface area (Å²) in [6.45, 7) is 0. The van der Waals surface area contributed by atoms with Crippen molar-refractivity contribution < 1.29 is 0 Å². The Balaban J connectivity index is 2.10. The molecule has 2 aliphatic heterocycles. The molecule has 0 radical (unpaired) electrons. The fourth-order valence-electron chi connectivity index (χ4n) is 2.18. The number of allylic oxidation sites excluding steroid dienone is 4. The van der Waals surface area contributed by atoms with E-state index in [4.69, 9.17) is 5.26 Å². The third-order valence-corrected chi connectivity index (χ3v) is 3.07. The average Bonchev–Trinajstić information content (AvgIpc) is 2.82. The molecule has 0 bridgehead atoms. The fraction of sp³-hybridized carbons (Fsp3) is 0.0667. The van der Waals surface area contributed by atoms with Crippen LogP contribution in [0.25, 0.3) is 5.57 Å². The first kappa shape index (κ1) is 10.5. The SMILES string of the molecule is CN1C=C(C#N)C=C/C1=C1\C=Nc2ccccc21. The summed E-state index contributed by atoms with van der Waals surface area (Å²) >= 11 is 0. The lowest BCUT2D eigenvalue weighted by Crippen LogP contribution is -2.14. The molecule has 0 aliphatic carbocycles. The Hall–Kier alpha value is -2.60. The highest BCUT2D eigenvalue weighted by Crippen LogP contribution is 2.34. The van der Waals surface area contributed by atoms with Crippen LogP contribution in [0, 0.1) is 11.3 Å². The van der Waals surface area contributed by atoms with Gasteiger partial charge in [-0.15, -0.1) is 0 Å². The zero-order chi connectivity index (χ0) is 12.5. The van der Waals surface area contributed by atoms with E-state index in [-0.39, 0.29) is 0 Å². The van der Waals surface area contributed by atoms with E-state index in [0.717, 1.165) is 22.5 Å². The van der Waals surface area contributed by atoms with Crippen LogP contribution in [0.3, 0.4) is 0 Å². The quantitative estimate of drug-likeness (QED) is 0.691. The Labute approximate surface area is 106 Å². The van der Waals surface area contributed by atoms with Crippen molar-refractivity contribution in [2.24, 2.45) is 4.99 Å². The normalized spacial score (nSPS) is 20.7. The van der Waals surface area contributed by atoms with Crippen LogP contribution in [0.15, 0.2) is 58.9 Å². The van der Waals surface area contributed by atoms with Crippen LogP contribution in [0.5, 0.6) is 0 Å². The number of fused-ring (bicyclic) bond motifs is 1. The number of para-hydroxylation sites is 1. The zero-order valence-electron chi connectivity index (χ0n) is 9.96. The van der Waals surface area contributed by atoms with Gasteiger partial charge < -0.3 is 4.90 Å². The molecular formula is C15H11N3. The maximum atomic E-state index is 8.88. The lowest BCUT2D eigenvalue weighted by atomic mass is 10.0. The van der Waals surface area contributed by atoms with Crippen molar-refractivity contribution in [1.82, 2.24) is 4.90 Å². The minimum atomic E-state index is 0.657. The van der Waals surface area contributed by atoms with Gasteiger partial charge in [0.15, 0.2) is 0 Å². The third-order valence-electron chi connectivity index (χ3n) is 3.07. The van der Waals surface area contributed by atoms with E-state index in [2.05, 4.69) is 17.1 Å². The molecule has 1 aromatic rings. The topological polar surface area (TPSA) is 39.4 Å². The summed E-state index contributed by atoms with van der Waals surface area (Å²) in [7, 11) is 1.94. The first-order chi connectivity index (χ1) is 8.79. The summed E-state index contributed by atoms with van der Waals surface area (Å²) in [5.41, 5.74) is 4.94. The van der Waals surface area contributed by atoms with Gasteiger partial charge in [-0.2, -0.15) is 5.26 Å². The van der Waals surface area contributed by atoms with Gasteiger partial charge in [0.25, 0.3) is 0 Å². The number of nitrogens with zero attached hydrogens (tertiary/aromatic N) is 3. The van der Waals surface area contributed by atoms with Crippen molar-refractivity contribution in [2.45, 2.75) is 0 Å². The Bertz CT molecular complexity index is 669. The van der Waals surface area contributed by atoms with E-state index < -0.39 is 0 Å². The predicted octanol–water partition coefficient (Wildman–Crippen LogP) is 3.02. The zero-order valence-corrected chi connectivity index (χ0v) is 9.96. The lowest BCUT2D eigenvalue weighted by Gasteiger charge is -2.21. The van der Waals surface area contributed by atoms with E-state index >= 15 is 0 Å². The van der Waals surface area contributed by atoms with E-state index in [0.29, 0.717) is 5.57 Å². The van der Waals surface area contributed by atoms with Gasteiger partial charge in [-0.1, -0.05) is 18.2 Å². The van der Waals surface area contributed by atoms with Gasteiger partial charge >= 0.3 is 0 Å². The first-order valence-electron chi connectivity index (χ1n) is 5.70. The molecule has 86 valence electrons. The van der Waals surface area contributed by atoms with Crippen LogP contribution in [-0.2, 0) is 0 Å². The third kappa shape index (κ3) is 1.56. The van der Waals surface area contributed by atoms with Crippen molar-refractivity contribution in [2.75, 3.05) is 7.05 Å². The maximum Gasteiger partial charge on any atom is 0.101 e. The molecule has 1 aromatic carbocycles. The number of benzene rings is 1. The van der Waals surface area contributed by atoms with Gasteiger partial charge in [0.1, 0.15) is 6.07 Å². The molecule has 3 rings (SSSR count). The average molecular weight is 233 g/mol. The molecule has 0 saturated heterocycles. The van der Waals surface area contributed by atoms with Crippen LogP contribution in [0.4, 0.5) is 5.69 Å². The Morgan fingerprint density at radius 3 is 2.83 bits per heavy atom. The van der Waals surface area contributed by atoms with Crippen LogP contribution in [0.1, 0.15) is 5.56 Å². The summed E-state index contributed by atoms with van der Waals surface area (Å²) in [5, 5.41) is 8.88. The van der Waals surface area contributed by atoms with Gasteiger partial charge in [-0.25, -0.2) is 0 Å². The van der Waals surface area contributed by atoms with Crippen LogP contribution in [-0.4, -0.2) is 18.2 Å². The standard InChI is InChI=1S/C15H11N3/c1-18-10-11(8-16)6-7-15(18)13-9-17-14-5-3-2-4-12(13)14/h2-7,9-10H,1H3/b15-13-. The Morgan fingerprint density at radius 2 is 2.06 bits per heavy atom. The Morgan fingerprint density at radius 1 is 1.22 bits per heavy atom. The van der Waals surface area contributed by atoms with Gasteiger partial charge in [0.2, 0.25) is 0 Å². The van der Waals surface area contributed by atoms with Gasteiger partial charge in [-0.3, -0.25) is 4.99 Å². The monoisotopic (exact) mass is 233 g/mol. The van der Waals surface area contributed by atoms with E-state index in [1.165, 1.54) is 0 Å². The van der Waals surface area contributed by atoms with E-state index in [9.17, 15) is 0 Å². The van der Waals surface area contributed by atoms with Crippen LogP contribution >= 0.6 is 0 Å². The lowest BCUT2D eigenvalue weighted by molar-refractivity contribution is 0.584. The summed E-state index contributed by atoms with van der Waals surface area (Å²) in [6.07, 6.45) is 7.50. The molecule has 0 fully saturated rings. The highest BCUT2D eigenvalue weighted by Gasteiger charge is 2.18. The smallest absolute Gasteiger partial charge is 0.101 e. The summed E-state index contributed by atoms with van der Waals surface area (Å²) < 4.78 is 0. The van der Waals surface area contributed by atoms with Crippen LogP contribution < -0.4 is 0 Å². The van der Waals surface area contributed by atoms with Gasteiger partial charge in [0, 0.05) is 36.3 Å². The van der Waals surface area contributed by atoms with Crippen molar-refractivity contribution in [3.05, 3.63) is 59.5 Å². The summed E-state index contributed by atoms with van der Waals surface area (Å²) in [4.78, 5) is 6.36. The highest BCUT2D eigenvalue weighted by atomic mass is 15.1. The van der Waals surface area contributed by atoms with E-state index in [1.54, 1.807) is 0 Å². The molecule has 3 heteroatoms. The molecule has 0 unspecified atom stereocenters. The first-order valence-corrected chi connectivity index (χ1v) is 5.70. The molecule has 3 nitrogen and oxygen atoms in total. The number of likely N-dealkylation sites (N-methyl/N-ethyl adjacent to an activating group) is 1. The minimum Gasteiger partial charge on any atom is -0.349 e. The number of hydrogen-bond donors (Lipinski definition) is 0. The highest BCUT2D eigenvalue weighted by molar-refractivity contribution is 6.17. The Kier molecular flexibility index (Phi) is 2.35. The van der Waals surface area contributed by atoms with E-state index in [1.807, 2.05) is 54.7 Å². The molecule has 0 spiro atoms. The second-order valence-corrected chi connectivity index (χ2v) is 4.21. The molecule has 2 heterocycles. The number of nitriles is 1. The predicted molar refractivity (Wildman–Crippen MR) is 72.1 cm³/mol. The maximum absolute atomic E-state index is 8.88. The fourth-order valence-corrected chi connectivity index (χ4v) is 2.18. The molecule has 0 aromatic heterocycles. The molecule has 18 heavy (non-hydrogen) atoms. The number of rotatable bonds is 0. The largest absolute Gasteiger partial charge is 0.349 e. The van der Waals surface area contributed by atoms with Gasteiger partial charge in [-0.05, 0) is 18.2 Å². The van der Waals surface area contributed by atoms with Gasteiger partial charge in [0.05, 0.1) is 11.3 Å². The molecule has 2 aliphatic rings. The molecule has 0 amide bonds. The van der Waals surface area contributed by atoms with Crippen molar-refractivity contribution >= 4 is 17.5 Å². The minimum absolute atomic E-state index is 0.657. The number of aliphatic imine (C=N–C) groups is 1. The second kappa shape index (κ2) is 4.01. The molecular weight excluding hydrogens is 222 g/mol. The van der Waals surface area contributed by atoms with Crippen molar-refractivity contribution in [3.8, 4) is 6.07 Å². The molecule has 0 saturated carbocycles. The van der Waals surface area contributed by atoms with Crippen molar-refractivity contribution in [1.29, 1.82) is 5.26 Å². The molecule has 0 N–H and O–H groups in total. The summed E-state index contributed by atoms with van der Waals surface area (Å²) in [6, 6.07) is 10.2. The summed E-state index contributed by atoms with van der Waals surface area (Å²) in [5.74, 6) is 0. The second-order valence-electron chi connectivity index (χ2n) is 4.21.